The molecule has 50 heavy (non-hydrogen) atoms. The summed E-state index contributed by atoms with van der Waals surface area (Å²) in [5.41, 5.74) is 13.4. The summed E-state index contributed by atoms with van der Waals surface area (Å²) in [6, 6.07) is 17.4. The Morgan fingerprint density at radius 2 is 1.04 bits per heavy atom. The summed E-state index contributed by atoms with van der Waals surface area (Å²) < 4.78 is 12.3. The minimum Gasteiger partial charge on any atom is -0.496 e. The molecule has 0 saturated carbocycles. The second-order valence-corrected chi connectivity index (χ2v) is 12.3. The van der Waals surface area contributed by atoms with Crippen molar-refractivity contribution in [2.24, 2.45) is 0 Å². The van der Waals surface area contributed by atoms with Crippen LogP contribution in [0.1, 0.15) is 47.9 Å². The summed E-state index contributed by atoms with van der Waals surface area (Å²) in [5.74, 6) is 1.46. The first-order valence-electron chi connectivity index (χ1n) is 16.9. The van der Waals surface area contributed by atoms with Gasteiger partial charge in [-0.3, -0.25) is 0 Å². The summed E-state index contributed by atoms with van der Waals surface area (Å²) in [7, 11) is 3.46. The molecular formula is C48H44O2. The first-order chi connectivity index (χ1) is 24.4. The van der Waals surface area contributed by atoms with Crippen LogP contribution in [0.3, 0.4) is 0 Å². The number of fused-ring (bicyclic) bond motifs is 6. The Balaban J connectivity index is 1.75. The summed E-state index contributed by atoms with van der Waals surface area (Å²) in [5, 5.41) is 4.40. The molecule has 0 amide bonds. The molecule has 2 aliphatic carbocycles. The van der Waals surface area contributed by atoms with Gasteiger partial charge in [0.2, 0.25) is 0 Å². The molecule has 4 aromatic carbocycles. The molecule has 2 nitrogen and oxygen atoms in total. The predicted octanol–water partition coefficient (Wildman–Crippen LogP) is 12.9. The van der Waals surface area contributed by atoms with Gasteiger partial charge in [0.1, 0.15) is 11.5 Å². The van der Waals surface area contributed by atoms with Gasteiger partial charge in [0.05, 0.1) is 14.2 Å². The lowest BCUT2D eigenvalue weighted by molar-refractivity contribution is 0.411. The van der Waals surface area contributed by atoms with E-state index in [-0.39, 0.29) is 11.8 Å². The van der Waals surface area contributed by atoms with E-state index in [2.05, 4.69) is 120 Å². The summed E-state index contributed by atoms with van der Waals surface area (Å²) in [6.07, 6.45) is 20.1. The van der Waals surface area contributed by atoms with Gasteiger partial charge in [-0.1, -0.05) is 137 Å². The molecule has 0 saturated heterocycles. The van der Waals surface area contributed by atoms with Crippen LogP contribution in [0.4, 0.5) is 0 Å². The highest BCUT2D eigenvalue weighted by Crippen LogP contribution is 2.55. The Bertz CT molecular complexity index is 2310. The Labute approximate surface area is 297 Å². The number of ether oxygens (including phenoxy) is 2. The average Bonchev–Trinajstić information content (AvgIpc) is 3.66. The minimum absolute atomic E-state index is 0.00906. The fraction of sp³-hybridized carbons (Fsp3) is 0.125. The highest BCUT2D eigenvalue weighted by atomic mass is 16.5. The van der Waals surface area contributed by atoms with Crippen molar-refractivity contribution in [1.29, 1.82) is 0 Å². The number of rotatable bonds is 12. The molecule has 2 unspecified atom stereocenters. The molecular weight excluding hydrogens is 609 g/mol. The van der Waals surface area contributed by atoms with Gasteiger partial charge in [0, 0.05) is 23.0 Å². The molecule has 248 valence electrons. The van der Waals surface area contributed by atoms with Gasteiger partial charge in [-0.15, -0.1) is 0 Å². The van der Waals surface area contributed by atoms with E-state index >= 15 is 0 Å². The van der Waals surface area contributed by atoms with Crippen LogP contribution in [0, 0.1) is 0 Å². The van der Waals surface area contributed by atoms with E-state index in [0.717, 1.165) is 77.6 Å². The zero-order chi connectivity index (χ0) is 35.7. The van der Waals surface area contributed by atoms with Crippen LogP contribution in [0.25, 0.3) is 43.8 Å². The van der Waals surface area contributed by atoms with Gasteiger partial charge >= 0.3 is 0 Å². The number of hydrogen-bond donors (Lipinski definition) is 0. The minimum atomic E-state index is -0.0824. The third-order valence-corrected chi connectivity index (χ3v) is 10.3. The van der Waals surface area contributed by atoms with Crippen LogP contribution in [0.2, 0.25) is 0 Å². The van der Waals surface area contributed by atoms with E-state index in [9.17, 15) is 0 Å². The SMILES string of the molecule is C=C/C=C(\C=C)C1C(C=C)=C(C=C)c2ccc3c(-c4c(OC)ccc5c6c(ccc45)C(C=C)=C(C=C)C6C(/C=C\C)=C/C)c(OC)ccc3c21. The lowest BCUT2D eigenvalue weighted by atomic mass is 9.81. The van der Waals surface area contributed by atoms with Crippen LogP contribution in [-0.4, -0.2) is 14.2 Å². The highest BCUT2D eigenvalue weighted by molar-refractivity contribution is 6.14. The van der Waals surface area contributed by atoms with E-state index in [1.165, 1.54) is 22.3 Å². The fourth-order valence-electron chi connectivity index (χ4n) is 8.27. The highest BCUT2D eigenvalue weighted by Gasteiger charge is 2.35. The maximum Gasteiger partial charge on any atom is 0.127 e. The number of methoxy groups -OCH3 is 2. The first-order valence-corrected chi connectivity index (χ1v) is 16.9. The van der Waals surface area contributed by atoms with Crippen molar-refractivity contribution < 1.29 is 9.47 Å². The van der Waals surface area contributed by atoms with E-state index < -0.39 is 0 Å². The zero-order valence-electron chi connectivity index (χ0n) is 29.6. The number of allylic oxidation sites excluding steroid dienone is 16. The maximum atomic E-state index is 6.18. The van der Waals surface area contributed by atoms with Crippen LogP contribution < -0.4 is 9.47 Å². The molecule has 4 aromatic rings. The van der Waals surface area contributed by atoms with Crippen molar-refractivity contribution in [3.8, 4) is 22.6 Å². The van der Waals surface area contributed by atoms with Gasteiger partial charge in [-0.25, -0.2) is 0 Å². The summed E-state index contributed by atoms with van der Waals surface area (Å²) in [6.45, 7) is 29.2. The lowest BCUT2D eigenvalue weighted by Crippen LogP contribution is -2.03. The molecule has 0 spiro atoms. The van der Waals surface area contributed by atoms with Crippen LogP contribution in [-0.2, 0) is 0 Å². The van der Waals surface area contributed by atoms with E-state index in [1.54, 1.807) is 14.2 Å². The van der Waals surface area contributed by atoms with Crippen LogP contribution in [0.15, 0.2) is 171 Å². The second kappa shape index (κ2) is 13.9. The Hall–Kier alpha value is -5.86. The van der Waals surface area contributed by atoms with Crippen molar-refractivity contribution >= 4 is 32.7 Å². The van der Waals surface area contributed by atoms with E-state index in [4.69, 9.17) is 9.47 Å². The van der Waals surface area contributed by atoms with Crippen molar-refractivity contribution in [3.63, 3.8) is 0 Å². The smallest absolute Gasteiger partial charge is 0.127 e. The number of hydrogen-bond acceptors (Lipinski definition) is 2. The predicted molar refractivity (Wildman–Crippen MR) is 217 cm³/mol. The molecule has 0 N–H and O–H groups in total. The van der Waals surface area contributed by atoms with E-state index in [1.807, 2.05) is 42.5 Å². The van der Waals surface area contributed by atoms with Crippen LogP contribution in [0.5, 0.6) is 11.5 Å². The first kappa shape index (κ1) is 34.0. The molecule has 0 radical (unpaired) electrons. The molecule has 0 fully saturated rings. The quantitative estimate of drug-likeness (QED) is 0.142. The molecule has 0 aromatic heterocycles. The Kier molecular flexibility index (Phi) is 9.48. The molecule has 2 heteroatoms. The summed E-state index contributed by atoms with van der Waals surface area (Å²) >= 11 is 0. The van der Waals surface area contributed by atoms with Gasteiger partial charge in [-0.05, 0) is 103 Å². The monoisotopic (exact) mass is 652 g/mol. The molecule has 0 aliphatic heterocycles. The third kappa shape index (κ3) is 4.94. The molecule has 0 bridgehead atoms. The Morgan fingerprint density at radius 1 is 0.580 bits per heavy atom. The summed E-state index contributed by atoms with van der Waals surface area (Å²) in [4.78, 5) is 0. The molecule has 0 heterocycles. The lowest BCUT2D eigenvalue weighted by Gasteiger charge is -2.23. The normalized spacial score (nSPS) is 17.3. The molecule has 6 rings (SSSR count). The Morgan fingerprint density at radius 3 is 1.40 bits per heavy atom. The second-order valence-electron chi connectivity index (χ2n) is 12.3. The molecule has 2 atom stereocenters. The average molecular weight is 653 g/mol. The zero-order valence-corrected chi connectivity index (χ0v) is 29.6. The van der Waals surface area contributed by atoms with Crippen LogP contribution >= 0.6 is 0 Å². The molecule has 2 aliphatic rings. The van der Waals surface area contributed by atoms with E-state index in [0.29, 0.717) is 0 Å². The fourth-order valence-corrected chi connectivity index (χ4v) is 8.27. The number of benzene rings is 4. The van der Waals surface area contributed by atoms with Gasteiger partial charge in [-0.2, -0.15) is 0 Å². The van der Waals surface area contributed by atoms with Gasteiger partial charge in [0.25, 0.3) is 0 Å². The third-order valence-electron chi connectivity index (χ3n) is 10.3. The van der Waals surface area contributed by atoms with Gasteiger partial charge < -0.3 is 9.47 Å². The van der Waals surface area contributed by atoms with Gasteiger partial charge in [0.15, 0.2) is 0 Å². The van der Waals surface area contributed by atoms with Crippen molar-refractivity contribution in [3.05, 3.63) is 193 Å². The van der Waals surface area contributed by atoms with Crippen molar-refractivity contribution in [2.45, 2.75) is 25.7 Å². The van der Waals surface area contributed by atoms with Crippen molar-refractivity contribution in [2.75, 3.05) is 14.2 Å². The maximum absolute atomic E-state index is 6.18. The standard InChI is InChI=1S/C48H44O2/c1-11-19-29(13-3)43-33(17-7)31(15-5)35-21-23-39-37(45(35)43)25-27-41(49-9)47(39)48-40-24-22-36-32(16-6)34(18-8)44(30(14-4)20-12-2)46(36)38(40)26-28-42(48)50-10/h11-28,43-44H,1,3,5-8H2,2,4,9-10H3/b20-12-,29-19+,30-14+. The topological polar surface area (TPSA) is 18.5 Å². The van der Waals surface area contributed by atoms with Crippen molar-refractivity contribution in [1.82, 2.24) is 0 Å². The largest absolute Gasteiger partial charge is 0.496 e.